The number of rotatable bonds is 4. The number of aryl methyl sites for hydroxylation is 1. The first kappa shape index (κ1) is 21.4. The summed E-state index contributed by atoms with van der Waals surface area (Å²) in [6.45, 7) is 10.7. The molecule has 1 saturated carbocycles. The normalized spacial score (nSPS) is 25.3. The predicted octanol–water partition coefficient (Wildman–Crippen LogP) is 4.95. The summed E-state index contributed by atoms with van der Waals surface area (Å²) in [5.41, 5.74) is 12.1. The van der Waals surface area contributed by atoms with E-state index in [0.717, 1.165) is 66.9 Å². The number of hydrogen-bond acceptors (Lipinski definition) is 3. The van der Waals surface area contributed by atoms with Crippen LogP contribution in [-0.4, -0.2) is 19.1 Å². The Kier molecular flexibility index (Phi) is 4.90. The summed E-state index contributed by atoms with van der Waals surface area (Å²) in [5, 5.41) is 0. The minimum absolute atomic E-state index is 0.170. The van der Waals surface area contributed by atoms with E-state index in [1.54, 1.807) is 12.1 Å². The van der Waals surface area contributed by atoms with Crippen LogP contribution in [0.4, 0.5) is 10.1 Å². The zero-order chi connectivity index (χ0) is 22.8. The number of carbonyl (C=O) groups is 1. The van der Waals surface area contributed by atoms with Gasteiger partial charge in [0.2, 0.25) is 5.91 Å². The summed E-state index contributed by atoms with van der Waals surface area (Å²) in [6, 6.07) is 9.55. The van der Waals surface area contributed by atoms with Crippen LogP contribution in [0, 0.1) is 24.1 Å². The molecule has 5 heteroatoms. The van der Waals surface area contributed by atoms with Gasteiger partial charge < -0.3 is 15.4 Å². The second-order valence-electron chi connectivity index (χ2n) is 11.1. The lowest BCUT2D eigenvalue weighted by molar-refractivity contribution is -0.121. The SMILES string of the molecule is Cc1cc(N2CCc3cc(F)ccc3C2)cc(C23CC(CO2)C3)c1C(C(N)=O)C(C)(C)C. The third-order valence-corrected chi connectivity index (χ3v) is 7.68. The Morgan fingerprint density at radius 3 is 2.59 bits per heavy atom. The molecule has 2 N–H and O–H groups in total. The van der Waals surface area contributed by atoms with Gasteiger partial charge in [0.1, 0.15) is 5.82 Å². The number of hydrogen-bond donors (Lipinski definition) is 1. The lowest BCUT2D eigenvalue weighted by Crippen LogP contribution is -2.39. The summed E-state index contributed by atoms with van der Waals surface area (Å²) >= 11 is 0. The van der Waals surface area contributed by atoms with Crippen molar-refractivity contribution in [1.29, 1.82) is 0 Å². The molecule has 32 heavy (non-hydrogen) atoms. The molecule has 2 aromatic rings. The highest BCUT2D eigenvalue weighted by Gasteiger charge is 2.55. The second kappa shape index (κ2) is 7.31. The van der Waals surface area contributed by atoms with Crippen molar-refractivity contribution in [3.8, 4) is 0 Å². The van der Waals surface area contributed by atoms with Crippen molar-refractivity contribution in [2.75, 3.05) is 18.1 Å². The van der Waals surface area contributed by atoms with Crippen LogP contribution in [0.15, 0.2) is 30.3 Å². The largest absolute Gasteiger partial charge is 0.370 e. The van der Waals surface area contributed by atoms with Crippen molar-refractivity contribution in [3.63, 3.8) is 0 Å². The van der Waals surface area contributed by atoms with Gasteiger partial charge in [0.15, 0.2) is 0 Å². The van der Waals surface area contributed by atoms with Crippen molar-refractivity contribution in [2.24, 2.45) is 17.1 Å². The van der Waals surface area contributed by atoms with Crippen molar-refractivity contribution in [3.05, 3.63) is 64.0 Å². The van der Waals surface area contributed by atoms with Crippen LogP contribution in [0.5, 0.6) is 0 Å². The molecule has 1 aliphatic carbocycles. The molecule has 3 fully saturated rings. The molecule has 4 nitrogen and oxygen atoms in total. The molecule has 0 radical (unpaired) electrons. The molecule has 1 atom stereocenters. The minimum Gasteiger partial charge on any atom is -0.370 e. The number of anilines is 1. The van der Waals surface area contributed by atoms with Crippen molar-refractivity contribution < 1.29 is 13.9 Å². The zero-order valence-electron chi connectivity index (χ0n) is 19.5. The van der Waals surface area contributed by atoms with Gasteiger partial charge >= 0.3 is 0 Å². The van der Waals surface area contributed by atoms with Crippen LogP contribution < -0.4 is 10.6 Å². The summed E-state index contributed by atoms with van der Waals surface area (Å²) in [5.74, 6) is -0.218. The molecule has 0 spiro atoms. The smallest absolute Gasteiger partial charge is 0.225 e. The molecule has 0 aromatic heterocycles. The fraction of sp³-hybridized carbons (Fsp3) is 0.519. The van der Waals surface area contributed by atoms with Gasteiger partial charge in [-0.3, -0.25) is 4.79 Å². The molecule has 1 amide bonds. The molecule has 3 aliphatic heterocycles. The van der Waals surface area contributed by atoms with E-state index in [4.69, 9.17) is 10.5 Å². The average Bonchev–Trinajstić information content (AvgIpc) is 3.29. The maximum atomic E-state index is 13.7. The Hall–Kier alpha value is -2.40. The van der Waals surface area contributed by atoms with E-state index >= 15 is 0 Å². The van der Waals surface area contributed by atoms with Crippen LogP contribution in [0.2, 0.25) is 0 Å². The number of benzene rings is 2. The number of ether oxygens (including phenoxy) is 1. The van der Waals surface area contributed by atoms with E-state index in [0.29, 0.717) is 5.92 Å². The van der Waals surface area contributed by atoms with Gasteiger partial charge in [-0.1, -0.05) is 26.8 Å². The number of primary amides is 1. The Bertz CT molecular complexity index is 1080. The van der Waals surface area contributed by atoms with Gasteiger partial charge in [-0.25, -0.2) is 4.39 Å². The summed E-state index contributed by atoms with van der Waals surface area (Å²) in [4.78, 5) is 15.0. The average molecular weight is 437 g/mol. The second-order valence-corrected chi connectivity index (χ2v) is 11.1. The number of halogens is 1. The van der Waals surface area contributed by atoms with E-state index in [1.807, 2.05) is 6.07 Å². The standard InChI is InChI=1S/C27H33FN2O2/c1-16-9-21(30-8-7-18-10-20(28)6-5-19(18)14-30)11-22(27-12-17(13-27)15-32-27)23(16)24(25(29)31)26(2,3)4/h5-6,9-11,17,24H,7-8,12-15H2,1-4H3,(H2,29,31). The number of carbonyl (C=O) groups excluding carboxylic acids is 1. The molecular formula is C27H33FN2O2. The molecule has 170 valence electrons. The van der Waals surface area contributed by atoms with Crippen LogP contribution in [0.3, 0.4) is 0 Å². The number of fused-ring (bicyclic) bond motifs is 2. The summed E-state index contributed by atoms with van der Waals surface area (Å²) in [7, 11) is 0. The van der Waals surface area contributed by atoms with Crippen molar-refractivity contribution in [2.45, 2.75) is 65.0 Å². The fourth-order valence-corrected chi connectivity index (χ4v) is 6.15. The topological polar surface area (TPSA) is 55.6 Å². The number of nitrogens with zero attached hydrogens (tertiary/aromatic N) is 1. The highest BCUT2D eigenvalue weighted by molar-refractivity contribution is 5.84. The van der Waals surface area contributed by atoms with Gasteiger partial charge in [-0.15, -0.1) is 0 Å². The third kappa shape index (κ3) is 3.42. The quantitative estimate of drug-likeness (QED) is 0.738. The molecule has 4 aliphatic rings. The number of nitrogens with two attached hydrogens (primary N) is 1. The monoisotopic (exact) mass is 436 g/mol. The Morgan fingerprint density at radius 1 is 1.22 bits per heavy atom. The molecular weight excluding hydrogens is 403 g/mol. The maximum Gasteiger partial charge on any atom is 0.225 e. The lowest BCUT2D eigenvalue weighted by atomic mass is 9.65. The molecule has 2 bridgehead atoms. The first-order valence-corrected chi connectivity index (χ1v) is 11.7. The van der Waals surface area contributed by atoms with E-state index in [-0.39, 0.29) is 28.7 Å². The van der Waals surface area contributed by atoms with E-state index in [9.17, 15) is 9.18 Å². The van der Waals surface area contributed by atoms with Crippen LogP contribution in [0.25, 0.3) is 0 Å². The van der Waals surface area contributed by atoms with E-state index in [1.165, 1.54) is 5.56 Å². The first-order chi connectivity index (χ1) is 15.1. The highest BCUT2D eigenvalue weighted by Crippen LogP contribution is 2.58. The van der Waals surface area contributed by atoms with Crippen LogP contribution in [-0.2, 0) is 28.1 Å². The summed E-state index contributed by atoms with van der Waals surface area (Å²) in [6.07, 6.45) is 2.85. The summed E-state index contributed by atoms with van der Waals surface area (Å²) < 4.78 is 20.0. The van der Waals surface area contributed by atoms with Crippen LogP contribution in [0.1, 0.15) is 67.3 Å². The van der Waals surface area contributed by atoms with Gasteiger partial charge in [0.05, 0.1) is 18.1 Å². The van der Waals surface area contributed by atoms with Crippen molar-refractivity contribution >= 4 is 11.6 Å². The minimum atomic E-state index is -0.380. The van der Waals surface area contributed by atoms with Crippen molar-refractivity contribution in [1.82, 2.24) is 0 Å². The molecule has 6 rings (SSSR count). The van der Waals surface area contributed by atoms with E-state index in [2.05, 4.69) is 44.7 Å². The fourth-order valence-electron chi connectivity index (χ4n) is 6.15. The Labute approximate surface area is 189 Å². The molecule has 2 aromatic carbocycles. The first-order valence-electron chi connectivity index (χ1n) is 11.7. The van der Waals surface area contributed by atoms with Gasteiger partial charge in [0, 0.05) is 18.8 Å². The highest BCUT2D eigenvalue weighted by atomic mass is 19.1. The molecule has 1 unspecified atom stereocenters. The van der Waals surface area contributed by atoms with Crippen LogP contribution >= 0.6 is 0 Å². The number of amides is 1. The van der Waals surface area contributed by atoms with Gasteiger partial charge in [0.25, 0.3) is 0 Å². The van der Waals surface area contributed by atoms with Gasteiger partial charge in [-0.05, 0) is 89.6 Å². The zero-order valence-corrected chi connectivity index (χ0v) is 19.5. The third-order valence-electron chi connectivity index (χ3n) is 7.68. The van der Waals surface area contributed by atoms with Gasteiger partial charge in [-0.2, -0.15) is 0 Å². The molecule has 2 saturated heterocycles. The maximum absolute atomic E-state index is 13.7. The van der Waals surface area contributed by atoms with E-state index < -0.39 is 0 Å². The Morgan fingerprint density at radius 2 is 1.97 bits per heavy atom. The predicted molar refractivity (Wildman–Crippen MR) is 124 cm³/mol. The molecule has 3 heterocycles. The lowest BCUT2D eigenvalue weighted by Gasteiger charge is -2.42. The Balaban J connectivity index is 1.60.